The highest BCUT2D eigenvalue weighted by molar-refractivity contribution is 5.84. The summed E-state index contributed by atoms with van der Waals surface area (Å²) in [6.07, 6.45) is 2.37. The van der Waals surface area contributed by atoms with Crippen LogP contribution in [0.15, 0.2) is 30.5 Å². The zero-order valence-electron chi connectivity index (χ0n) is 8.78. The normalized spacial score (nSPS) is 13.3. The monoisotopic (exact) mass is 206 g/mol. The summed E-state index contributed by atoms with van der Waals surface area (Å²) in [5, 5.41) is 1.13. The van der Waals surface area contributed by atoms with Gasteiger partial charge < -0.3 is 10.3 Å². The lowest BCUT2D eigenvalue weighted by Crippen LogP contribution is -2.10. The second-order valence-corrected chi connectivity index (χ2v) is 3.80. The summed E-state index contributed by atoms with van der Waals surface area (Å²) in [5.74, 6) is 0. The van der Waals surface area contributed by atoms with Crippen molar-refractivity contribution in [2.75, 3.05) is 6.67 Å². The molecule has 1 atom stereocenters. The van der Waals surface area contributed by atoms with Crippen molar-refractivity contribution in [3.05, 3.63) is 36.0 Å². The van der Waals surface area contributed by atoms with E-state index < -0.39 is 0 Å². The first-order chi connectivity index (χ1) is 7.24. The maximum absolute atomic E-state index is 12.2. The van der Waals surface area contributed by atoms with Gasteiger partial charge in [-0.1, -0.05) is 18.2 Å². The molecule has 0 bridgehead atoms. The van der Waals surface area contributed by atoms with Gasteiger partial charge in [-0.05, 0) is 18.1 Å². The van der Waals surface area contributed by atoms with Crippen molar-refractivity contribution in [1.82, 2.24) is 4.57 Å². The van der Waals surface area contributed by atoms with E-state index in [-0.39, 0.29) is 12.7 Å². The smallest absolute Gasteiger partial charge is 0.0912 e. The zero-order chi connectivity index (χ0) is 10.8. The fourth-order valence-electron chi connectivity index (χ4n) is 1.94. The van der Waals surface area contributed by atoms with Gasteiger partial charge in [0.05, 0.1) is 6.67 Å². The number of halogens is 1. The molecule has 0 saturated heterocycles. The van der Waals surface area contributed by atoms with E-state index in [9.17, 15) is 4.39 Å². The van der Waals surface area contributed by atoms with E-state index in [0.29, 0.717) is 6.42 Å². The van der Waals surface area contributed by atoms with Gasteiger partial charge in [-0.25, -0.2) is 0 Å². The Morgan fingerprint density at radius 3 is 2.87 bits per heavy atom. The molecule has 3 heteroatoms. The number of hydrogen-bond donors (Lipinski definition) is 1. The number of alkyl halides is 1. The van der Waals surface area contributed by atoms with E-state index in [0.717, 1.165) is 16.5 Å². The van der Waals surface area contributed by atoms with Crippen molar-refractivity contribution in [3.8, 4) is 0 Å². The molecule has 2 rings (SSSR count). The van der Waals surface area contributed by atoms with E-state index in [1.54, 1.807) is 0 Å². The van der Waals surface area contributed by atoms with Crippen molar-refractivity contribution in [2.45, 2.75) is 12.5 Å². The number of nitrogens with two attached hydrogens (primary N) is 1. The minimum atomic E-state index is -0.371. The van der Waals surface area contributed by atoms with Crippen LogP contribution in [0.25, 0.3) is 10.9 Å². The molecule has 2 N–H and O–H groups in total. The number of benzene rings is 1. The van der Waals surface area contributed by atoms with Gasteiger partial charge in [0.25, 0.3) is 0 Å². The molecule has 1 aromatic carbocycles. The standard InChI is InChI=1S/C12H15FN2/c1-15-8-10(11(14)6-7-13)9-4-2-3-5-12(9)15/h2-5,8,11H,6-7,14H2,1H3/t11-/m1/s1. The highest BCUT2D eigenvalue weighted by Crippen LogP contribution is 2.26. The number of rotatable bonds is 3. The predicted octanol–water partition coefficient (Wildman–Crippen LogP) is 2.54. The summed E-state index contributed by atoms with van der Waals surface area (Å²) >= 11 is 0. The molecule has 2 nitrogen and oxygen atoms in total. The molecule has 0 saturated carbocycles. The van der Waals surface area contributed by atoms with E-state index in [1.165, 1.54) is 0 Å². The van der Waals surface area contributed by atoms with Crippen molar-refractivity contribution >= 4 is 10.9 Å². The number of para-hydroxylation sites is 1. The van der Waals surface area contributed by atoms with Crippen molar-refractivity contribution < 1.29 is 4.39 Å². The predicted molar refractivity (Wildman–Crippen MR) is 60.4 cm³/mol. The molecule has 0 spiro atoms. The molecule has 0 amide bonds. The molecule has 0 radical (unpaired) electrons. The molecule has 80 valence electrons. The van der Waals surface area contributed by atoms with Gasteiger partial charge in [-0.2, -0.15) is 0 Å². The largest absolute Gasteiger partial charge is 0.350 e. The SMILES string of the molecule is Cn1cc([C@H](N)CCF)c2ccccc21. The third-order valence-corrected chi connectivity index (χ3v) is 2.75. The van der Waals surface area contributed by atoms with Crippen LogP contribution in [-0.2, 0) is 7.05 Å². The lowest BCUT2D eigenvalue weighted by atomic mass is 10.0. The summed E-state index contributed by atoms with van der Waals surface area (Å²) in [7, 11) is 1.98. The van der Waals surface area contributed by atoms with E-state index in [2.05, 4.69) is 0 Å². The first-order valence-corrected chi connectivity index (χ1v) is 5.09. The lowest BCUT2D eigenvalue weighted by Gasteiger charge is -2.07. The van der Waals surface area contributed by atoms with Crippen LogP contribution in [0.5, 0.6) is 0 Å². The average Bonchev–Trinajstić information content (AvgIpc) is 2.58. The van der Waals surface area contributed by atoms with E-state index in [1.807, 2.05) is 42.1 Å². The minimum absolute atomic E-state index is 0.207. The Morgan fingerprint density at radius 2 is 2.13 bits per heavy atom. The van der Waals surface area contributed by atoms with Gasteiger partial charge in [0.1, 0.15) is 0 Å². The fraction of sp³-hybridized carbons (Fsp3) is 0.333. The van der Waals surface area contributed by atoms with Crippen LogP contribution >= 0.6 is 0 Å². The number of fused-ring (bicyclic) bond motifs is 1. The van der Waals surface area contributed by atoms with Crippen LogP contribution in [0, 0.1) is 0 Å². The first kappa shape index (κ1) is 10.2. The molecule has 0 aliphatic carbocycles. The van der Waals surface area contributed by atoms with Gasteiger partial charge in [-0.3, -0.25) is 4.39 Å². The fourth-order valence-corrected chi connectivity index (χ4v) is 1.94. The zero-order valence-corrected chi connectivity index (χ0v) is 8.78. The van der Waals surface area contributed by atoms with Gasteiger partial charge in [0.15, 0.2) is 0 Å². The van der Waals surface area contributed by atoms with Crippen LogP contribution in [0.3, 0.4) is 0 Å². The molecule has 0 aliphatic rings. The van der Waals surface area contributed by atoms with Crippen molar-refractivity contribution in [1.29, 1.82) is 0 Å². The topological polar surface area (TPSA) is 30.9 Å². The number of nitrogens with zero attached hydrogens (tertiary/aromatic N) is 1. The maximum atomic E-state index is 12.2. The third-order valence-electron chi connectivity index (χ3n) is 2.75. The first-order valence-electron chi connectivity index (χ1n) is 5.09. The van der Waals surface area contributed by atoms with Gasteiger partial charge >= 0.3 is 0 Å². The highest BCUT2D eigenvalue weighted by Gasteiger charge is 2.12. The second kappa shape index (κ2) is 4.03. The number of aryl methyl sites for hydroxylation is 1. The van der Waals surface area contributed by atoms with Crippen LogP contribution in [0.4, 0.5) is 4.39 Å². The molecule has 1 aromatic heterocycles. The maximum Gasteiger partial charge on any atom is 0.0912 e. The molecule has 0 fully saturated rings. The molecule has 0 aliphatic heterocycles. The van der Waals surface area contributed by atoms with Crippen molar-refractivity contribution in [3.63, 3.8) is 0 Å². The molecule has 2 aromatic rings. The van der Waals surface area contributed by atoms with E-state index in [4.69, 9.17) is 5.73 Å². The minimum Gasteiger partial charge on any atom is -0.350 e. The van der Waals surface area contributed by atoms with Gasteiger partial charge in [0.2, 0.25) is 0 Å². The highest BCUT2D eigenvalue weighted by atomic mass is 19.1. The summed E-state index contributed by atoms with van der Waals surface area (Å²) in [6, 6.07) is 7.84. The molecule has 0 unspecified atom stereocenters. The molecule has 1 heterocycles. The van der Waals surface area contributed by atoms with Gasteiger partial charge in [-0.15, -0.1) is 0 Å². The van der Waals surface area contributed by atoms with Crippen LogP contribution in [-0.4, -0.2) is 11.2 Å². The van der Waals surface area contributed by atoms with Crippen LogP contribution in [0.1, 0.15) is 18.0 Å². The summed E-state index contributed by atoms with van der Waals surface area (Å²) in [6.45, 7) is -0.371. The molecular formula is C12H15FN2. The Balaban J connectivity index is 2.52. The van der Waals surface area contributed by atoms with Crippen LogP contribution < -0.4 is 5.73 Å². The molecule has 15 heavy (non-hydrogen) atoms. The summed E-state index contributed by atoms with van der Waals surface area (Å²) in [5.41, 5.74) is 8.11. The lowest BCUT2D eigenvalue weighted by molar-refractivity contribution is 0.442. The number of aromatic nitrogens is 1. The second-order valence-electron chi connectivity index (χ2n) is 3.80. The van der Waals surface area contributed by atoms with Gasteiger partial charge in [0, 0.05) is 30.2 Å². The third kappa shape index (κ3) is 1.75. The van der Waals surface area contributed by atoms with Crippen molar-refractivity contribution in [2.24, 2.45) is 12.8 Å². The Labute approximate surface area is 88.5 Å². The Hall–Kier alpha value is -1.35. The summed E-state index contributed by atoms with van der Waals surface area (Å²) < 4.78 is 14.3. The van der Waals surface area contributed by atoms with Crippen LogP contribution in [0.2, 0.25) is 0 Å². The number of hydrogen-bond acceptors (Lipinski definition) is 1. The quantitative estimate of drug-likeness (QED) is 0.822. The van der Waals surface area contributed by atoms with E-state index >= 15 is 0 Å². The summed E-state index contributed by atoms with van der Waals surface area (Å²) in [4.78, 5) is 0. The molecular weight excluding hydrogens is 191 g/mol. The Morgan fingerprint density at radius 1 is 1.40 bits per heavy atom. The average molecular weight is 206 g/mol. The Kier molecular flexibility index (Phi) is 2.73. The Bertz CT molecular complexity index is 462.